The van der Waals surface area contributed by atoms with E-state index in [1.165, 1.54) is 40.4 Å². The zero-order valence-electron chi connectivity index (χ0n) is 17.6. The zero-order chi connectivity index (χ0) is 22.9. The first-order chi connectivity index (χ1) is 15.3. The lowest BCUT2D eigenvalue weighted by Crippen LogP contribution is -2.47. The molecule has 0 aromatic heterocycles. The van der Waals surface area contributed by atoms with E-state index in [1.807, 2.05) is 0 Å². The minimum atomic E-state index is -3.70. The van der Waals surface area contributed by atoms with Crippen LogP contribution in [0.3, 0.4) is 0 Å². The third-order valence-corrected chi connectivity index (χ3v) is 7.54. The van der Waals surface area contributed by atoms with Crippen molar-refractivity contribution >= 4 is 27.5 Å². The molecule has 2 aliphatic rings. The lowest BCUT2D eigenvalue weighted by atomic mass is 10.1. The van der Waals surface area contributed by atoms with Gasteiger partial charge in [-0.2, -0.15) is 4.31 Å². The van der Waals surface area contributed by atoms with Crippen LogP contribution in [0.15, 0.2) is 47.4 Å². The van der Waals surface area contributed by atoms with Crippen molar-refractivity contribution in [2.75, 3.05) is 31.2 Å². The van der Waals surface area contributed by atoms with Gasteiger partial charge in [-0.05, 0) is 41.5 Å². The molecule has 1 N–H and O–H groups in total. The minimum Gasteiger partial charge on any atom is -0.379 e. The highest BCUT2D eigenvalue weighted by atomic mass is 32.2. The summed E-state index contributed by atoms with van der Waals surface area (Å²) in [4.78, 5) is 26.7. The summed E-state index contributed by atoms with van der Waals surface area (Å²) in [6, 6.07) is 9.66. The number of carbonyl (C=O) groups excluding carboxylic acids is 2. The molecule has 1 atom stereocenters. The van der Waals surface area contributed by atoms with Gasteiger partial charge in [-0.1, -0.05) is 12.1 Å². The summed E-state index contributed by atoms with van der Waals surface area (Å²) < 4.78 is 46.0. The van der Waals surface area contributed by atoms with Gasteiger partial charge in [0.2, 0.25) is 21.8 Å². The molecule has 170 valence electrons. The van der Waals surface area contributed by atoms with E-state index in [0.717, 1.165) is 0 Å². The normalized spacial score (nSPS) is 18.9. The fourth-order valence-corrected chi connectivity index (χ4v) is 5.54. The maximum Gasteiger partial charge on any atom is 0.243 e. The first-order valence-electron chi connectivity index (χ1n) is 10.3. The zero-order valence-corrected chi connectivity index (χ0v) is 18.4. The number of rotatable bonds is 5. The Morgan fingerprint density at radius 1 is 1.16 bits per heavy atom. The first-order valence-corrected chi connectivity index (χ1v) is 11.7. The molecule has 0 saturated carbocycles. The first kappa shape index (κ1) is 22.4. The van der Waals surface area contributed by atoms with Crippen LogP contribution in [0, 0.1) is 5.82 Å². The number of carbonyl (C=O) groups is 2. The molecule has 0 unspecified atom stereocenters. The van der Waals surface area contributed by atoms with Gasteiger partial charge in [-0.15, -0.1) is 0 Å². The van der Waals surface area contributed by atoms with Crippen LogP contribution in [0.5, 0.6) is 0 Å². The molecule has 2 aromatic rings. The second-order valence-corrected chi connectivity index (χ2v) is 9.70. The highest BCUT2D eigenvalue weighted by Crippen LogP contribution is 2.35. The van der Waals surface area contributed by atoms with Crippen LogP contribution in [0.1, 0.15) is 18.1 Å². The molecular weight excluding hydrogens is 437 g/mol. The molecule has 2 heterocycles. The Bertz CT molecular complexity index is 1150. The third-order valence-electron chi connectivity index (χ3n) is 5.64. The maximum absolute atomic E-state index is 13.4. The highest BCUT2D eigenvalue weighted by molar-refractivity contribution is 7.89. The Morgan fingerprint density at radius 2 is 1.91 bits per heavy atom. The molecular formula is C22H24FN3O5S. The van der Waals surface area contributed by atoms with Crippen LogP contribution in [-0.2, 0) is 37.3 Å². The molecule has 10 heteroatoms. The van der Waals surface area contributed by atoms with E-state index in [-0.39, 0.29) is 36.9 Å². The van der Waals surface area contributed by atoms with Crippen LogP contribution in [-0.4, -0.2) is 56.9 Å². The van der Waals surface area contributed by atoms with Crippen LogP contribution in [0.2, 0.25) is 0 Å². The van der Waals surface area contributed by atoms with E-state index < -0.39 is 27.8 Å². The van der Waals surface area contributed by atoms with E-state index in [1.54, 1.807) is 18.2 Å². The standard InChI is InChI=1S/C22H24FN3O5S/c1-15(27)26-20-6-5-19(32(29,30)25-7-9-31-10-8-25)12-17(20)13-21(26)22(28)24-14-16-3-2-4-18(23)11-16/h2-6,11-12,21H,7-10,13-14H2,1H3,(H,24,28)/t21-/m1/s1. The summed E-state index contributed by atoms with van der Waals surface area (Å²) in [5.41, 5.74) is 1.73. The van der Waals surface area contributed by atoms with Gasteiger partial charge in [0.05, 0.1) is 18.1 Å². The highest BCUT2D eigenvalue weighted by Gasteiger charge is 2.38. The molecule has 0 radical (unpaired) electrons. The number of morpholine rings is 1. The molecule has 0 spiro atoms. The van der Waals surface area contributed by atoms with E-state index in [2.05, 4.69) is 5.32 Å². The third kappa shape index (κ3) is 4.38. The van der Waals surface area contributed by atoms with Gasteiger partial charge in [0.15, 0.2) is 0 Å². The molecule has 2 aromatic carbocycles. The average molecular weight is 462 g/mol. The number of anilines is 1. The van der Waals surface area contributed by atoms with Crippen molar-refractivity contribution in [3.8, 4) is 0 Å². The van der Waals surface area contributed by atoms with Gasteiger partial charge in [0.1, 0.15) is 11.9 Å². The predicted octanol–water partition coefficient (Wildman–Crippen LogP) is 1.44. The Labute approximate surface area is 186 Å². The van der Waals surface area contributed by atoms with Crippen LogP contribution >= 0.6 is 0 Å². The van der Waals surface area contributed by atoms with Gasteiger partial charge < -0.3 is 10.1 Å². The van der Waals surface area contributed by atoms with Crippen molar-refractivity contribution in [2.24, 2.45) is 0 Å². The number of hydrogen-bond donors (Lipinski definition) is 1. The monoisotopic (exact) mass is 461 g/mol. The maximum atomic E-state index is 13.4. The number of amides is 2. The van der Waals surface area contributed by atoms with Crippen molar-refractivity contribution in [3.63, 3.8) is 0 Å². The van der Waals surface area contributed by atoms with Crippen molar-refractivity contribution in [1.82, 2.24) is 9.62 Å². The van der Waals surface area contributed by atoms with Crippen LogP contribution in [0.4, 0.5) is 10.1 Å². The van der Waals surface area contributed by atoms with Crippen molar-refractivity contribution in [2.45, 2.75) is 30.8 Å². The molecule has 2 aliphatic heterocycles. The van der Waals surface area contributed by atoms with Crippen molar-refractivity contribution < 1.29 is 27.1 Å². The number of nitrogens with zero attached hydrogens (tertiary/aromatic N) is 2. The fraction of sp³-hybridized carbons (Fsp3) is 0.364. The number of hydrogen-bond acceptors (Lipinski definition) is 5. The quantitative estimate of drug-likeness (QED) is 0.727. The molecule has 32 heavy (non-hydrogen) atoms. The number of benzene rings is 2. The van der Waals surface area contributed by atoms with E-state index in [4.69, 9.17) is 4.74 Å². The number of fused-ring (bicyclic) bond motifs is 1. The summed E-state index contributed by atoms with van der Waals surface area (Å²) in [6.45, 7) is 2.73. The van der Waals surface area contributed by atoms with Gasteiger partial charge >= 0.3 is 0 Å². The molecule has 0 bridgehead atoms. The van der Waals surface area contributed by atoms with E-state index >= 15 is 0 Å². The molecule has 2 amide bonds. The fourth-order valence-electron chi connectivity index (χ4n) is 4.08. The molecule has 8 nitrogen and oxygen atoms in total. The molecule has 0 aliphatic carbocycles. The molecule has 1 saturated heterocycles. The number of ether oxygens (including phenoxy) is 1. The summed E-state index contributed by atoms with van der Waals surface area (Å²) in [7, 11) is -3.70. The van der Waals surface area contributed by atoms with Gasteiger partial charge in [0.25, 0.3) is 0 Å². The van der Waals surface area contributed by atoms with Gasteiger partial charge in [-0.25, -0.2) is 12.8 Å². The number of halogens is 1. The SMILES string of the molecule is CC(=O)N1c2ccc(S(=O)(=O)N3CCOCC3)cc2C[C@@H]1C(=O)NCc1cccc(F)c1. The van der Waals surface area contributed by atoms with Crippen molar-refractivity contribution in [3.05, 3.63) is 59.4 Å². The van der Waals surface area contributed by atoms with Gasteiger partial charge in [-0.3, -0.25) is 14.5 Å². The van der Waals surface area contributed by atoms with Crippen LogP contribution in [0.25, 0.3) is 0 Å². The van der Waals surface area contributed by atoms with E-state index in [0.29, 0.717) is 30.0 Å². The predicted molar refractivity (Wildman–Crippen MR) is 115 cm³/mol. The lowest BCUT2D eigenvalue weighted by molar-refractivity contribution is -0.125. The van der Waals surface area contributed by atoms with Crippen molar-refractivity contribution in [1.29, 1.82) is 0 Å². The summed E-state index contributed by atoms with van der Waals surface area (Å²) >= 11 is 0. The Morgan fingerprint density at radius 3 is 2.59 bits per heavy atom. The Balaban J connectivity index is 1.55. The Kier molecular flexibility index (Phi) is 6.27. The summed E-state index contributed by atoms with van der Waals surface area (Å²) in [5.74, 6) is -1.11. The second kappa shape index (κ2) is 8.97. The molecule has 1 fully saturated rings. The van der Waals surface area contributed by atoms with Crippen LogP contribution < -0.4 is 10.2 Å². The lowest BCUT2D eigenvalue weighted by Gasteiger charge is -2.26. The van der Waals surface area contributed by atoms with Gasteiger partial charge in [0, 0.05) is 38.7 Å². The second-order valence-electron chi connectivity index (χ2n) is 7.76. The topological polar surface area (TPSA) is 96.0 Å². The Hall–Kier alpha value is -2.82. The van der Waals surface area contributed by atoms with E-state index in [9.17, 15) is 22.4 Å². The summed E-state index contributed by atoms with van der Waals surface area (Å²) in [6.07, 6.45) is 0.191. The molecule has 4 rings (SSSR count). The average Bonchev–Trinajstić information content (AvgIpc) is 3.17. The number of sulfonamides is 1. The minimum absolute atomic E-state index is 0.117. The summed E-state index contributed by atoms with van der Waals surface area (Å²) in [5, 5.41) is 2.74. The largest absolute Gasteiger partial charge is 0.379 e. The smallest absolute Gasteiger partial charge is 0.243 e. The number of nitrogens with one attached hydrogen (secondary N) is 1.